The van der Waals surface area contributed by atoms with Crippen LogP contribution in [0.3, 0.4) is 0 Å². The Labute approximate surface area is 155 Å². The fourth-order valence-electron chi connectivity index (χ4n) is 3.13. The maximum Gasteiger partial charge on any atom is 0.128 e. The van der Waals surface area contributed by atoms with Gasteiger partial charge in [0.05, 0.1) is 19.2 Å². The standard InChI is InChI=1S/C22H28FNO2/c1-5-7-8-17-10-12-21(26-4)20-13-19(15-25)24(22(17)20)14-16(3)9-11-18(23)6-2/h6,9-13,25H,2,5,7-8,14-15H2,1,3-4H3/b16-9+,18-11+. The summed E-state index contributed by atoms with van der Waals surface area (Å²) in [5.74, 6) is 0.433. The minimum Gasteiger partial charge on any atom is -0.496 e. The number of hydrogen-bond acceptors (Lipinski definition) is 2. The molecule has 0 aliphatic carbocycles. The van der Waals surface area contributed by atoms with E-state index < -0.39 is 0 Å². The van der Waals surface area contributed by atoms with E-state index in [4.69, 9.17) is 4.74 Å². The van der Waals surface area contributed by atoms with E-state index in [1.165, 1.54) is 17.7 Å². The number of ether oxygens (including phenoxy) is 1. The van der Waals surface area contributed by atoms with Gasteiger partial charge in [-0.15, -0.1) is 0 Å². The fourth-order valence-corrected chi connectivity index (χ4v) is 3.13. The van der Waals surface area contributed by atoms with Crippen LogP contribution in [0.15, 0.2) is 54.4 Å². The Bertz CT molecular complexity index is 830. The first kappa shape index (κ1) is 20.0. The van der Waals surface area contributed by atoms with Gasteiger partial charge in [0.25, 0.3) is 0 Å². The highest BCUT2D eigenvalue weighted by Gasteiger charge is 2.15. The Morgan fingerprint density at radius 1 is 1.35 bits per heavy atom. The van der Waals surface area contributed by atoms with Gasteiger partial charge in [-0.3, -0.25) is 0 Å². The number of aliphatic hydroxyl groups is 1. The second-order valence-corrected chi connectivity index (χ2v) is 6.44. The lowest BCUT2D eigenvalue weighted by atomic mass is 10.0. The highest BCUT2D eigenvalue weighted by Crippen LogP contribution is 2.33. The van der Waals surface area contributed by atoms with Gasteiger partial charge >= 0.3 is 0 Å². The average molecular weight is 357 g/mol. The average Bonchev–Trinajstić information content (AvgIpc) is 3.02. The molecule has 0 unspecified atom stereocenters. The number of aryl methyl sites for hydroxylation is 1. The summed E-state index contributed by atoms with van der Waals surface area (Å²) in [6, 6.07) is 6.07. The maximum absolute atomic E-state index is 13.3. The van der Waals surface area contributed by atoms with E-state index in [1.807, 2.05) is 19.1 Å². The Morgan fingerprint density at radius 3 is 2.73 bits per heavy atom. The molecule has 3 nitrogen and oxygen atoms in total. The molecule has 0 bridgehead atoms. The summed E-state index contributed by atoms with van der Waals surface area (Å²) < 4.78 is 20.9. The highest BCUT2D eigenvalue weighted by atomic mass is 19.1. The Kier molecular flexibility index (Phi) is 7.22. The predicted molar refractivity (Wildman–Crippen MR) is 106 cm³/mol. The number of methoxy groups -OCH3 is 1. The molecule has 2 rings (SSSR count). The van der Waals surface area contributed by atoms with Gasteiger partial charge in [-0.2, -0.15) is 0 Å². The van der Waals surface area contributed by atoms with Crippen LogP contribution in [0.5, 0.6) is 5.75 Å². The third-order valence-electron chi connectivity index (χ3n) is 4.50. The van der Waals surface area contributed by atoms with Gasteiger partial charge in [-0.25, -0.2) is 4.39 Å². The molecule has 0 radical (unpaired) electrons. The summed E-state index contributed by atoms with van der Waals surface area (Å²) in [5.41, 5.74) is 4.13. The monoisotopic (exact) mass is 357 g/mol. The number of unbranched alkanes of at least 4 members (excludes halogenated alkanes) is 1. The first-order chi connectivity index (χ1) is 12.5. The zero-order valence-electron chi connectivity index (χ0n) is 15.9. The lowest BCUT2D eigenvalue weighted by Gasteiger charge is -2.14. The van der Waals surface area contributed by atoms with Gasteiger partial charge in [0.2, 0.25) is 0 Å². The van der Waals surface area contributed by atoms with Gasteiger partial charge in [0.15, 0.2) is 0 Å². The second-order valence-electron chi connectivity index (χ2n) is 6.44. The summed E-state index contributed by atoms with van der Waals surface area (Å²) >= 11 is 0. The number of benzene rings is 1. The molecule has 0 saturated heterocycles. The van der Waals surface area contributed by atoms with Crippen LogP contribution in [0, 0.1) is 0 Å². The summed E-state index contributed by atoms with van der Waals surface area (Å²) in [6.45, 7) is 8.06. The number of rotatable bonds is 9. The number of aromatic nitrogens is 1. The van der Waals surface area contributed by atoms with Crippen molar-refractivity contribution in [2.75, 3.05) is 7.11 Å². The highest BCUT2D eigenvalue weighted by molar-refractivity contribution is 5.90. The molecule has 0 aliphatic heterocycles. The van der Waals surface area contributed by atoms with Crippen molar-refractivity contribution in [3.63, 3.8) is 0 Å². The number of allylic oxidation sites excluding steroid dienone is 5. The molecule has 4 heteroatoms. The van der Waals surface area contributed by atoms with Gasteiger partial charge < -0.3 is 14.4 Å². The van der Waals surface area contributed by atoms with Crippen LogP contribution in [0.4, 0.5) is 4.39 Å². The minimum atomic E-state index is -0.366. The van der Waals surface area contributed by atoms with Crippen LogP contribution in [-0.4, -0.2) is 16.8 Å². The smallest absolute Gasteiger partial charge is 0.128 e. The lowest BCUT2D eigenvalue weighted by molar-refractivity contribution is 0.272. The third-order valence-corrected chi connectivity index (χ3v) is 4.50. The topological polar surface area (TPSA) is 34.4 Å². The zero-order valence-corrected chi connectivity index (χ0v) is 15.9. The van der Waals surface area contributed by atoms with E-state index in [1.54, 1.807) is 13.2 Å². The predicted octanol–water partition coefficient (Wildman–Crippen LogP) is 5.47. The van der Waals surface area contributed by atoms with Crippen LogP contribution in [0.2, 0.25) is 0 Å². The van der Waals surface area contributed by atoms with Gasteiger partial charge in [-0.1, -0.05) is 37.6 Å². The largest absolute Gasteiger partial charge is 0.496 e. The van der Waals surface area contributed by atoms with Crippen molar-refractivity contribution in [1.29, 1.82) is 0 Å². The molecule has 26 heavy (non-hydrogen) atoms. The molecule has 0 amide bonds. The molecular formula is C22H28FNO2. The van der Waals surface area contributed by atoms with Crippen LogP contribution < -0.4 is 4.74 Å². The summed E-state index contributed by atoms with van der Waals surface area (Å²) in [6.07, 6.45) is 7.53. The molecule has 2 aromatic rings. The molecule has 0 atom stereocenters. The van der Waals surface area contributed by atoms with Crippen LogP contribution >= 0.6 is 0 Å². The summed E-state index contributed by atoms with van der Waals surface area (Å²) in [4.78, 5) is 0. The van der Waals surface area contributed by atoms with Gasteiger partial charge in [-0.05, 0) is 49.6 Å². The van der Waals surface area contributed by atoms with Crippen molar-refractivity contribution in [2.45, 2.75) is 46.3 Å². The lowest BCUT2D eigenvalue weighted by Crippen LogP contribution is -2.06. The van der Waals surface area contributed by atoms with Crippen molar-refractivity contribution in [1.82, 2.24) is 4.57 Å². The van der Waals surface area contributed by atoms with E-state index in [2.05, 4.69) is 24.1 Å². The molecule has 0 spiro atoms. The molecular weight excluding hydrogens is 329 g/mol. The van der Waals surface area contributed by atoms with E-state index in [0.29, 0.717) is 6.54 Å². The molecule has 0 fully saturated rings. The van der Waals surface area contributed by atoms with E-state index in [-0.39, 0.29) is 12.4 Å². The van der Waals surface area contributed by atoms with Gasteiger partial charge in [0.1, 0.15) is 11.6 Å². The Balaban J connectivity index is 2.57. The number of hydrogen-bond donors (Lipinski definition) is 1. The van der Waals surface area contributed by atoms with Crippen LogP contribution in [-0.2, 0) is 19.6 Å². The molecule has 1 N–H and O–H groups in total. The summed E-state index contributed by atoms with van der Waals surface area (Å²) in [7, 11) is 1.66. The number of nitrogens with zero attached hydrogens (tertiary/aromatic N) is 1. The minimum absolute atomic E-state index is 0.0603. The first-order valence-corrected chi connectivity index (χ1v) is 8.99. The normalized spacial score (nSPS) is 12.7. The maximum atomic E-state index is 13.3. The second kappa shape index (κ2) is 9.39. The van der Waals surface area contributed by atoms with Crippen LogP contribution in [0.25, 0.3) is 10.9 Å². The van der Waals surface area contributed by atoms with Crippen LogP contribution in [0.1, 0.15) is 37.9 Å². The molecule has 140 valence electrons. The molecule has 1 heterocycles. The van der Waals surface area contributed by atoms with E-state index >= 15 is 0 Å². The molecule has 1 aromatic carbocycles. The van der Waals surface area contributed by atoms with E-state index in [9.17, 15) is 9.50 Å². The number of fused-ring (bicyclic) bond motifs is 1. The van der Waals surface area contributed by atoms with Crippen molar-refractivity contribution in [3.8, 4) is 5.75 Å². The van der Waals surface area contributed by atoms with Crippen molar-refractivity contribution in [2.24, 2.45) is 0 Å². The number of halogens is 1. The number of aliphatic hydroxyl groups excluding tert-OH is 1. The molecule has 1 aromatic heterocycles. The SMILES string of the molecule is C=C/C(F)=C\C=C(/C)Cn1c(CO)cc2c(OC)ccc(CCCC)c21. The molecule has 0 aliphatic rings. The summed E-state index contributed by atoms with van der Waals surface area (Å²) in [5, 5.41) is 10.9. The van der Waals surface area contributed by atoms with E-state index in [0.717, 1.165) is 47.2 Å². The zero-order chi connectivity index (χ0) is 19.1. The first-order valence-electron chi connectivity index (χ1n) is 8.99. The third kappa shape index (κ3) is 4.44. The fraction of sp³-hybridized carbons (Fsp3) is 0.364. The molecule has 0 saturated carbocycles. The van der Waals surface area contributed by atoms with Crippen molar-refractivity contribution in [3.05, 3.63) is 65.7 Å². The van der Waals surface area contributed by atoms with Crippen molar-refractivity contribution < 1.29 is 14.2 Å². The Hall–Kier alpha value is -2.33. The van der Waals surface area contributed by atoms with Gasteiger partial charge in [0, 0.05) is 17.6 Å². The quantitative estimate of drug-likeness (QED) is 0.604. The van der Waals surface area contributed by atoms with Crippen molar-refractivity contribution >= 4 is 10.9 Å². The Morgan fingerprint density at radius 2 is 2.12 bits per heavy atom.